The van der Waals surface area contributed by atoms with Gasteiger partial charge in [0.15, 0.2) is 0 Å². The normalized spacial score (nSPS) is 10.4. The van der Waals surface area contributed by atoms with Crippen LogP contribution in [0, 0.1) is 6.92 Å². The van der Waals surface area contributed by atoms with Gasteiger partial charge in [0.25, 0.3) is 0 Å². The average Bonchev–Trinajstić information content (AvgIpc) is 2.56. The van der Waals surface area contributed by atoms with Gasteiger partial charge in [-0.2, -0.15) is 0 Å². The molecule has 132 valence electrons. The first-order chi connectivity index (χ1) is 11.8. The number of anilines is 2. The number of benzene rings is 2. The molecule has 0 atom stereocenters. The van der Waals surface area contributed by atoms with Crippen LogP contribution < -0.4 is 10.2 Å². The minimum Gasteiger partial charge on any atom is -0.324 e. The van der Waals surface area contributed by atoms with E-state index in [-0.39, 0.29) is 18.4 Å². The van der Waals surface area contributed by atoms with Crippen molar-refractivity contribution in [3.8, 4) is 0 Å². The minimum absolute atomic E-state index is 0.0760. The van der Waals surface area contributed by atoms with Crippen LogP contribution in [0.15, 0.2) is 36.4 Å². The molecule has 2 aromatic rings. The molecular formula is C19H20Cl2N2O2. The van der Waals surface area contributed by atoms with Crippen molar-refractivity contribution in [2.24, 2.45) is 0 Å². The highest BCUT2D eigenvalue weighted by atomic mass is 35.5. The van der Waals surface area contributed by atoms with E-state index in [1.54, 1.807) is 18.2 Å². The van der Waals surface area contributed by atoms with E-state index in [4.69, 9.17) is 23.2 Å². The molecule has 1 N–H and O–H groups in total. The molecule has 0 aliphatic carbocycles. The molecule has 0 aliphatic heterocycles. The van der Waals surface area contributed by atoms with E-state index in [0.717, 1.165) is 23.2 Å². The first-order valence-corrected chi connectivity index (χ1v) is 8.70. The second kappa shape index (κ2) is 8.37. The number of nitrogens with zero attached hydrogens (tertiary/aromatic N) is 1. The fourth-order valence-electron chi connectivity index (χ4n) is 2.66. The summed E-state index contributed by atoms with van der Waals surface area (Å²) in [5, 5.41) is 3.52. The lowest BCUT2D eigenvalue weighted by Gasteiger charge is -2.25. The number of aryl methyl sites for hydroxylation is 2. The number of hydrogen-bond donors (Lipinski definition) is 1. The third-order valence-corrected chi connectivity index (χ3v) is 4.60. The molecule has 0 aromatic heterocycles. The Morgan fingerprint density at radius 2 is 1.84 bits per heavy atom. The molecular weight excluding hydrogens is 359 g/mol. The number of para-hydroxylation sites is 1. The van der Waals surface area contributed by atoms with E-state index in [9.17, 15) is 9.59 Å². The van der Waals surface area contributed by atoms with E-state index >= 15 is 0 Å². The van der Waals surface area contributed by atoms with Crippen LogP contribution in [-0.4, -0.2) is 18.4 Å². The molecule has 0 heterocycles. The van der Waals surface area contributed by atoms with Crippen molar-refractivity contribution < 1.29 is 9.59 Å². The maximum Gasteiger partial charge on any atom is 0.244 e. The highest BCUT2D eigenvalue weighted by Crippen LogP contribution is 2.27. The predicted octanol–water partition coefficient (Wildman–Crippen LogP) is 4.86. The van der Waals surface area contributed by atoms with E-state index in [1.807, 2.05) is 32.0 Å². The largest absolute Gasteiger partial charge is 0.324 e. The Morgan fingerprint density at radius 1 is 1.12 bits per heavy atom. The van der Waals surface area contributed by atoms with Gasteiger partial charge in [0.2, 0.25) is 11.8 Å². The summed E-state index contributed by atoms with van der Waals surface area (Å²) >= 11 is 11.8. The van der Waals surface area contributed by atoms with Crippen LogP contribution in [0.25, 0.3) is 0 Å². The Labute approximate surface area is 157 Å². The Balaban J connectivity index is 2.23. The van der Waals surface area contributed by atoms with Gasteiger partial charge in [0.1, 0.15) is 6.54 Å². The third kappa shape index (κ3) is 4.74. The molecule has 0 saturated heterocycles. The Kier molecular flexibility index (Phi) is 6.45. The molecule has 0 fully saturated rings. The molecule has 0 unspecified atom stereocenters. The third-order valence-electron chi connectivity index (χ3n) is 3.86. The number of amides is 2. The number of carbonyl (C=O) groups excluding carboxylic acids is 2. The molecule has 6 heteroatoms. The monoisotopic (exact) mass is 378 g/mol. The molecule has 2 aromatic carbocycles. The van der Waals surface area contributed by atoms with Crippen LogP contribution in [0.3, 0.4) is 0 Å². The molecule has 0 aliphatic rings. The molecule has 2 rings (SSSR count). The number of rotatable bonds is 5. The van der Waals surface area contributed by atoms with Gasteiger partial charge in [0, 0.05) is 12.6 Å². The van der Waals surface area contributed by atoms with Crippen LogP contribution in [0.2, 0.25) is 10.0 Å². The number of halogens is 2. The van der Waals surface area contributed by atoms with Crippen molar-refractivity contribution in [3.05, 3.63) is 57.6 Å². The van der Waals surface area contributed by atoms with Gasteiger partial charge in [-0.1, -0.05) is 48.3 Å². The van der Waals surface area contributed by atoms with Gasteiger partial charge in [-0.3, -0.25) is 9.59 Å². The predicted molar refractivity (Wildman–Crippen MR) is 104 cm³/mol. The van der Waals surface area contributed by atoms with Gasteiger partial charge < -0.3 is 10.2 Å². The minimum atomic E-state index is -0.307. The fourth-order valence-corrected chi connectivity index (χ4v) is 2.96. The van der Waals surface area contributed by atoms with Crippen molar-refractivity contribution in [3.63, 3.8) is 0 Å². The zero-order chi connectivity index (χ0) is 18.6. The quantitative estimate of drug-likeness (QED) is 0.807. The van der Waals surface area contributed by atoms with Gasteiger partial charge in [0.05, 0.1) is 15.7 Å². The van der Waals surface area contributed by atoms with E-state index in [2.05, 4.69) is 5.32 Å². The maximum absolute atomic E-state index is 12.4. The second-order valence-corrected chi connectivity index (χ2v) is 6.53. The lowest BCUT2D eigenvalue weighted by atomic mass is 10.0. The van der Waals surface area contributed by atoms with Crippen LogP contribution in [-0.2, 0) is 16.0 Å². The SMILES string of the molecule is CCc1cccc(C)c1N(CC(=O)Nc1ccc(Cl)c(Cl)c1)C(C)=O. The zero-order valence-electron chi connectivity index (χ0n) is 14.4. The van der Waals surface area contributed by atoms with Crippen molar-refractivity contribution >= 4 is 46.4 Å². The van der Waals surface area contributed by atoms with Crippen LogP contribution in [0.4, 0.5) is 11.4 Å². The van der Waals surface area contributed by atoms with Crippen LogP contribution >= 0.6 is 23.2 Å². The summed E-state index contributed by atoms with van der Waals surface area (Å²) in [6, 6.07) is 10.7. The van der Waals surface area contributed by atoms with Gasteiger partial charge in [-0.25, -0.2) is 0 Å². The zero-order valence-corrected chi connectivity index (χ0v) is 15.9. The molecule has 0 radical (unpaired) electrons. The number of hydrogen-bond acceptors (Lipinski definition) is 2. The Bertz CT molecular complexity index is 806. The molecule has 0 spiro atoms. The first-order valence-electron chi connectivity index (χ1n) is 7.95. The van der Waals surface area contributed by atoms with E-state index in [0.29, 0.717) is 15.7 Å². The molecule has 0 saturated carbocycles. The van der Waals surface area contributed by atoms with Crippen molar-refractivity contribution in [1.29, 1.82) is 0 Å². The average molecular weight is 379 g/mol. The highest BCUT2D eigenvalue weighted by Gasteiger charge is 2.20. The fraction of sp³-hybridized carbons (Fsp3) is 0.263. The molecule has 4 nitrogen and oxygen atoms in total. The molecule has 2 amide bonds. The van der Waals surface area contributed by atoms with Gasteiger partial charge in [-0.05, 0) is 42.7 Å². The van der Waals surface area contributed by atoms with Crippen LogP contribution in [0.5, 0.6) is 0 Å². The smallest absolute Gasteiger partial charge is 0.244 e. The van der Waals surface area contributed by atoms with E-state index in [1.165, 1.54) is 11.8 Å². The standard InChI is InChI=1S/C19H20Cl2N2O2/c1-4-14-7-5-6-12(2)19(14)23(13(3)24)11-18(25)22-15-8-9-16(20)17(21)10-15/h5-10H,4,11H2,1-3H3,(H,22,25). The maximum atomic E-state index is 12.4. The van der Waals surface area contributed by atoms with Gasteiger partial charge in [-0.15, -0.1) is 0 Å². The van der Waals surface area contributed by atoms with Crippen molar-refractivity contribution in [1.82, 2.24) is 0 Å². The lowest BCUT2D eigenvalue weighted by Crippen LogP contribution is -2.37. The molecule has 0 bridgehead atoms. The summed E-state index contributed by atoms with van der Waals surface area (Å²) in [6.07, 6.45) is 0.773. The lowest BCUT2D eigenvalue weighted by molar-refractivity contribution is -0.120. The summed E-state index contributed by atoms with van der Waals surface area (Å²) in [7, 11) is 0. The van der Waals surface area contributed by atoms with Crippen LogP contribution in [0.1, 0.15) is 25.0 Å². The second-order valence-electron chi connectivity index (χ2n) is 5.72. The summed E-state index contributed by atoms with van der Waals surface area (Å²) < 4.78 is 0. The topological polar surface area (TPSA) is 49.4 Å². The van der Waals surface area contributed by atoms with Crippen molar-refractivity contribution in [2.75, 3.05) is 16.8 Å². The summed E-state index contributed by atoms with van der Waals surface area (Å²) in [5.41, 5.74) is 3.31. The number of carbonyl (C=O) groups is 2. The van der Waals surface area contributed by atoms with Crippen molar-refractivity contribution in [2.45, 2.75) is 27.2 Å². The summed E-state index contributed by atoms with van der Waals surface area (Å²) in [5.74, 6) is -0.493. The summed E-state index contributed by atoms with van der Waals surface area (Å²) in [4.78, 5) is 26.1. The number of nitrogens with one attached hydrogen (secondary N) is 1. The Hall–Kier alpha value is -2.04. The highest BCUT2D eigenvalue weighted by molar-refractivity contribution is 6.42. The first kappa shape index (κ1) is 19.3. The van der Waals surface area contributed by atoms with Gasteiger partial charge >= 0.3 is 0 Å². The molecule has 25 heavy (non-hydrogen) atoms. The van der Waals surface area contributed by atoms with E-state index < -0.39 is 0 Å². The summed E-state index contributed by atoms with van der Waals surface area (Å²) in [6.45, 7) is 5.33. The Morgan fingerprint density at radius 3 is 2.44 bits per heavy atom.